The highest BCUT2D eigenvalue weighted by molar-refractivity contribution is 5.94. The van der Waals surface area contributed by atoms with Gasteiger partial charge in [0, 0.05) is 49.5 Å². The van der Waals surface area contributed by atoms with E-state index in [2.05, 4.69) is 67.5 Å². The van der Waals surface area contributed by atoms with E-state index < -0.39 is 0 Å². The molecule has 0 spiro atoms. The number of benzene rings is 3. The Balaban J connectivity index is 1.17. The van der Waals surface area contributed by atoms with Crippen LogP contribution in [0.15, 0.2) is 60.7 Å². The summed E-state index contributed by atoms with van der Waals surface area (Å²) in [6, 6.07) is 20.8. The van der Waals surface area contributed by atoms with Crippen LogP contribution in [0.25, 0.3) is 11.0 Å². The van der Waals surface area contributed by atoms with E-state index in [0.717, 1.165) is 72.1 Å². The molecule has 214 valence electrons. The summed E-state index contributed by atoms with van der Waals surface area (Å²) in [6.45, 7) is 8.23. The summed E-state index contributed by atoms with van der Waals surface area (Å²) in [5.41, 5.74) is 7.27. The minimum atomic E-state index is -0.0641. The molecule has 6 rings (SSSR count). The number of carbonyl (C=O) groups is 1. The zero-order chi connectivity index (χ0) is 28.0. The lowest BCUT2D eigenvalue weighted by molar-refractivity contribution is -0.117. The number of hydrogen-bond donors (Lipinski definition) is 2. The Bertz CT molecular complexity index is 1500. The number of rotatable bonds is 4. The minimum absolute atomic E-state index is 0.0641. The fourth-order valence-electron chi connectivity index (χ4n) is 5.52. The smallest absolute Gasteiger partial charge is 0.238 e. The summed E-state index contributed by atoms with van der Waals surface area (Å²) in [5.74, 6) is 1.68. The van der Waals surface area contributed by atoms with Crippen molar-refractivity contribution in [1.29, 1.82) is 0 Å². The molecule has 0 unspecified atom stereocenters. The lowest BCUT2D eigenvalue weighted by Gasteiger charge is -2.29. The van der Waals surface area contributed by atoms with Crippen molar-refractivity contribution >= 4 is 28.3 Å². The van der Waals surface area contributed by atoms with Gasteiger partial charge in [0.25, 0.3) is 0 Å². The maximum atomic E-state index is 13.1. The molecule has 2 bridgehead atoms. The van der Waals surface area contributed by atoms with Crippen LogP contribution in [0, 0.1) is 6.92 Å². The molecule has 1 aromatic heterocycles. The zero-order valence-electron chi connectivity index (χ0n) is 23.5. The van der Waals surface area contributed by atoms with Gasteiger partial charge < -0.3 is 29.4 Å². The number of aromatic amines is 1. The number of fused-ring (bicyclic) bond motifs is 4. The SMILES string of the molecule is Cc1nc2ccc(NC(=O)CN3CCOCCOc4ccc(N5CCOCC5)cc4Cc4cccc(c4)C3)cc2[nH]1. The predicted octanol–water partition coefficient (Wildman–Crippen LogP) is 4.15. The first-order valence-electron chi connectivity index (χ1n) is 14.3. The maximum absolute atomic E-state index is 13.1. The first-order valence-corrected chi connectivity index (χ1v) is 14.3. The second-order valence-electron chi connectivity index (χ2n) is 10.7. The number of H-pyrrole nitrogens is 1. The molecule has 1 amide bonds. The van der Waals surface area contributed by atoms with Gasteiger partial charge in [0.05, 0.1) is 44.0 Å². The Hall–Kier alpha value is -3.92. The van der Waals surface area contributed by atoms with Crippen molar-refractivity contribution < 1.29 is 19.0 Å². The number of morpholine rings is 1. The first kappa shape index (κ1) is 27.3. The summed E-state index contributed by atoms with van der Waals surface area (Å²) in [6.07, 6.45) is 0.762. The fraction of sp³-hybridized carbons (Fsp3) is 0.375. The number of nitrogens with zero attached hydrogens (tertiary/aromatic N) is 3. The number of carbonyl (C=O) groups excluding carboxylic acids is 1. The lowest BCUT2D eigenvalue weighted by atomic mass is 10.0. The van der Waals surface area contributed by atoms with Gasteiger partial charge in [-0.2, -0.15) is 0 Å². The van der Waals surface area contributed by atoms with Crippen molar-refractivity contribution in [2.24, 2.45) is 0 Å². The van der Waals surface area contributed by atoms with Crippen molar-refractivity contribution in [2.45, 2.75) is 19.9 Å². The minimum Gasteiger partial charge on any atom is -0.491 e. The van der Waals surface area contributed by atoms with Gasteiger partial charge in [-0.15, -0.1) is 0 Å². The Morgan fingerprint density at radius 2 is 1.76 bits per heavy atom. The second-order valence-corrected chi connectivity index (χ2v) is 10.7. The van der Waals surface area contributed by atoms with Gasteiger partial charge in [0.2, 0.25) is 5.91 Å². The quantitative estimate of drug-likeness (QED) is 0.391. The average molecular weight is 556 g/mol. The lowest BCUT2D eigenvalue weighted by Crippen LogP contribution is -2.36. The van der Waals surface area contributed by atoms with Crippen LogP contribution < -0.4 is 15.0 Å². The summed E-state index contributed by atoms with van der Waals surface area (Å²) in [7, 11) is 0. The van der Waals surface area contributed by atoms with Crippen molar-refractivity contribution in [3.8, 4) is 5.75 Å². The molecule has 0 saturated carbocycles. The Morgan fingerprint density at radius 1 is 0.927 bits per heavy atom. The van der Waals surface area contributed by atoms with Gasteiger partial charge in [-0.3, -0.25) is 9.69 Å². The third-order valence-electron chi connectivity index (χ3n) is 7.50. The van der Waals surface area contributed by atoms with Gasteiger partial charge >= 0.3 is 0 Å². The molecule has 1 saturated heterocycles. The van der Waals surface area contributed by atoms with Crippen LogP contribution in [0.1, 0.15) is 22.5 Å². The van der Waals surface area contributed by atoms with Crippen LogP contribution in [0.2, 0.25) is 0 Å². The number of hydrogen-bond acceptors (Lipinski definition) is 7. The molecule has 9 heteroatoms. The highest BCUT2D eigenvalue weighted by Crippen LogP contribution is 2.29. The molecule has 0 radical (unpaired) electrons. The van der Waals surface area contributed by atoms with E-state index in [1.165, 1.54) is 11.3 Å². The van der Waals surface area contributed by atoms with Crippen LogP contribution >= 0.6 is 0 Å². The van der Waals surface area contributed by atoms with Crippen LogP contribution in [-0.2, 0) is 27.2 Å². The van der Waals surface area contributed by atoms with E-state index in [4.69, 9.17) is 14.2 Å². The van der Waals surface area contributed by atoms with E-state index in [-0.39, 0.29) is 12.5 Å². The molecule has 41 heavy (non-hydrogen) atoms. The average Bonchev–Trinajstić information content (AvgIpc) is 3.35. The third kappa shape index (κ3) is 7.05. The largest absolute Gasteiger partial charge is 0.491 e. The van der Waals surface area contributed by atoms with Gasteiger partial charge in [0.15, 0.2) is 0 Å². The molecule has 1 fully saturated rings. The molecule has 2 N–H and O–H groups in total. The zero-order valence-corrected chi connectivity index (χ0v) is 23.5. The van der Waals surface area contributed by atoms with E-state index >= 15 is 0 Å². The standard InChI is InChI=1S/C32H37N5O4/c1-23-33-29-7-5-27(20-30(29)34-23)35-32(38)22-36-9-12-40-15-16-41-31-8-6-28(37-10-13-39-14-11-37)19-26(31)18-24-3-2-4-25(17-24)21-36/h2-8,17,19-20H,9-16,18,21-22H2,1H3,(H,33,34)(H,35,38). The maximum Gasteiger partial charge on any atom is 0.238 e. The highest BCUT2D eigenvalue weighted by Gasteiger charge is 2.17. The van der Waals surface area contributed by atoms with E-state index in [1.54, 1.807) is 0 Å². The molecular formula is C32H37N5O4. The van der Waals surface area contributed by atoms with Crippen LogP contribution in [0.3, 0.4) is 0 Å². The van der Waals surface area contributed by atoms with Crippen molar-refractivity contribution in [3.63, 3.8) is 0 Å². The Labute approximate surface area is 240 Å². The molecule has 0 atom stereocenters. The van der Waals surface area contributed by atoms with E-state index in [1.807, 2.05) is 25.1 Å². The number of amides is 1. The number of aryl methyl sites for hydroxylation is 1. The predicted molar refractivity (Wildman–Crippen MR) is 160 cm³/mol. The molecule has 0 aliphatic carbocycles. The first-order chi connectivity index (χ1) is 20.1. The number of imidazole rings is 1. The van der Waals surface area contributed by atoms with Crippen molar-refractivity contribution in [2.75, 3.05) is 69.4 Å². The number of aromatic nitrogens is 2. The Morgan fingerprint density at radius 3 is 2.66 bits per heavy atom. The normalized spacial score (nSPS) is 17.0. The van der Waals surface area contributed by atoms with Crippen LogP contribution in [0.4, 0.5) is 11.4 Å². The highest BCUT2D eigenvalue weighted by atomic mass is 16.5. The molecule has 2 aliphatic rings. The van der Waals surface area contributed by atoms with Crippen molar-refractivity contribution in [1.82, 2.24) is 14.9 Å². The van der Waals surface area contributed by atoms with E-state index in [9.17, 15) is 4.79 Å². The molecule has 3 heterocycles. The monoisotopic (exact) mass is 555 g/mol. The van der Waals surface area contributed by atoms with Gasteiger partial charge in [-0.25, -0.2) is 4.98 Å². The Kier molecular flexibility index (Phi) is 8.46. The number of ether oxygens (including phenoxy) is 3. The summed E-state index contributed by atoms with van der Waals surface area (Å²) < 4.78 is 17.6. The summed E-state index contributed by atoms with van der Waals surface area (Å²) in [5, 5.41) is 3.04. The van der Waals surface area contributed by atoms with Crippen molar-refractivity contribution in [3.05, 3.63) is 83.2 Å². The van der Waals surface area contributed by atoms with Crippen LogP contribution in [-0.4, -0.2) is 80.0 Å². The number of nitrogens with one attached hydrogen (secondary N) is 2. The molecule has 9 nitrogen and oxygen atoms in total. The summed E-state index contributed by atoms with van der Waals surface area (Å²) >= 11 is 0. The van der Waals surface area contributed by atoms with Crippen LogP contribution in [0.5, 0.6) is 5.75 Å². The van der Waals surface area contributed by atoms with Gasteiger partial charge in [-0.05, 0) is 54.4 Å². The molecular weight excluding hydrogens is 518 g/mol. The van der Waals surface area contributed by atoms with Gasteiger partial charge in [0.1, 0.15) is 18.2 Å². The van der Waals surface area contributed by atoms with Gasteiger partial charge in [-0.1, -0.05) is 24.3 Å². The number of anilines is 2. The molecule has 2 aliphatic heterocycles. The fourth-order valence-corrected chi connectivity index (χ4v) is 5.52. The second kappa shape index (κ2) is 12.7. The molecule has 3 aromatic carbocycles. The topological polar surface area (TPSA) is 92.0 Å². The van der Waals surface area contributed by atoms with E-state index in [0.29, 0.717) is 32.9 Å². The molecule has 4 aromatic rings. The third-order valence-corrected chi connectivity index (χ3v) is 7.50. The summed E-state index contributed by atoms with van der Waals surface area (Å²) in [4.78, 5) is 25.2.